The lowest BCUT2D eigenvalue weighted by atomic mass is 9.90. The molecule has 0 radical (unpaired) electrons. The maximum absolute atomic E-state index is 12.2. The van der Waals surface area contributed by atoms with Crippen LogP contribution in [0, 0.1) is 0 Å². The molecule has 0 atom stereocenters. The summed E-state index contributed by atoms with van der Waals surface area (Å²) in [6.07, 6.45) is 3.85. The second-order valence-corrected chi connectivity index (χ2v) is 5.53. The molecular formula is C20H12O3. The highest BCUT2D eigenvalue weighted by Crippen LogP contribution is 2.35. The molecule has 1 aliphatic rings. The summed E-state index contributed by atoms with van der Waals surface area (Å²) in [7, 11) is 0. The molecule has 3 aromatic carbocycles. The average Bonchev–Trinajstić information content (AvgIpc) is 2.56. The van der Waals surface area contributed by atoms with Crippen LogP contribution in [0.25, 0.3) is 27.1 Å². The van der Waals surface area contributed by atoms with Crippen molar-refractivity contribution >= 4 is 38.7 Å². The largest absolute Gasteiger partial charge is 0.508 e. The highest BCUT2D eigenvalue weighted by molar-refractivity contribution is 6.36. The van der Waals surface area contributed by atoms with Gasteiger partial charge in [0.1, 0.15) is 5.75 Å². The highest BCUT2D eigenvalue weighted by atomic mass is 16.3. The lowest BCUT2D eigenvalue weighted by molar-refractivity contribution is -0.113. The molecule has 0 amide bonds. The van der Waals surface area contributed by atoms with Crippen LogP contribution in [0.15, 0.2) is 66.8 Å². The van der Waals surface area contributed by atoms with Crippen molar-refractivity contribution in [3.8, 4) is 5.75 Å². The van der Waals surface area contributed by atoms with Gasteiger partial charge in [-0.05, 0) is 57.5 Å². The summed E-state index contributed by atoms with van der Waals surface area (Å²) in [5.74, 6) is -0.388. The van der Waals surface area contributed by atoms with E-state index in [0.717, 1.165) is 21.5 Å². The Morgan fingerprint density at radius 1 is 0.783 bits per heavy atom. The minimum atomic E-state index is -0.232. The number of aromatic hydroxyl groups is 1. The normalized spacial score (nSPS) is 14.5. The second kappa shape index (κ2) is 4.92. The molecule has 23 heavy (non-hydrogen) atoms. The van der Waals surface area contributed by atoms with Crippen LogP contribution in [0.4, 0.5) is 0 Å². The fourth-order valence-corrected chi connectivity index (χ4v) is 3.04. The van der Waals surface area contributed by atoms with E-state index in [9.17, 15) is 14.7 Å². The number of benzene rings is 3. The molecule has 1 N–H and O–H groups in total. The molecule has 0 fully saturated rings. The Balaban J connectivity index is 2.10. The number of ketones is 2. The van der Waals surface area contributed by atoms with Crippen LogP contribution in [0.3, 0.4) is 0 Å². The van der Waals surface area contributed by atoms with Gasteiger partial charge in [0.25, 0.3) is 0 Å². The number of rotatable bonds is 1. The van der Waals surface area contributed by atoms with E-state index in [1.165, 1.54) is 24.3 Å². The van der Waals surface area contributed by atoms with Gasteiger partial charge < -0.3 is 5.11 Å². The summed E-state index contributed by atoms with van der Waals surface area (Å²) in [6.45, 7) is 0. The summed E-state index contributed by atoms with van der Waals surface area (Å²) in [6, 6.07) is 15.0. The van der Waals surface area contributed by atoms with Crippen LogP contribution in [0.1, 0.15) is 5.56 Å². The number of phenols is 1. The van der Waals surface area contributed by atoms with Gasteiger partial charge in [-0.1, -0.05) is 36.4 Å². The second-order valence-electron chi connectivity index (χ2n) is 5.53. The van der Waals surface area contributed by atoms with Crippen molar-refractivity contribution in [1.29, 1.82) is 0 Å². The molecule has 0 saturated heterocycles. The maximum atomic E-state index is 12.2. The van der Waals surface area contributed by atoms with Gasteiger partial charge in [-0.3, -0.25) is 9.59 Å². The minimum Gasteiger partial charge on any atom is -0.508 e. The van der Waals surface area contributed by atoms with Gasteiger partial charge in [0, 0.05) is 5.57 Å². The van der Waals surface area contributed by atoms with E-state index < -0.39 is 0 Å². The van der Waals surface area contributed by atoms with Crippen molar-refractivity contribution in [1.82, 2.24) is 0 Å². The minimum absolute atomic E-state index is 0.0690. The van der Waals surface area contributed by atoms with Gasteiger partial charge in [-0.15, -0.1) is 0 Å². The number of carbonyl (C=O) groups excluding carboxylic acids is 2. The van der Waals surface area contributed by atoms with Crippen LogP contribution in [-0.2, 0) is 9.59 Å². The van der Waals surface area contributed by atoms with E-state index in [0.29, 0.717) is 11.1 Å². The Morgan fingerprint density at radius 3 is 2.48 bits per heavy atom. The molecule has 0 saturated carbocycles. The molecule has 0 aliphatic heterocycles. The molecular weight excluding hydrogens is 288 g/mol. The van der Waals surface area contributed by atoms with Crippen LogP contribution in [0.5, 0.6) is 5.75 Å². The monoisotopic (exact) mass is 300 g/mol. The SMILES string of the molecule is O=C1C=CC(=O)C(c2cc(O)cc3c2ccc2ccccc23)=C1. The Morgan fingerprint density at radius 2 is 1.61 bits per heavy atom. The number of carbonyl (C=O) groups is 2. The molecule has 1 aliphatic carbocycles. The maximum Gasteiger partial charge on any atom is 0.186 e. The Labute approximate surface area is 132 Å². The molecule has 0 bridgehead atoms. The van der Waals surface area contributed by atoms with E-state index in [1.54, 1.807) is 6.07 Å². The highest BCUT2D eigenvalue weighted by Gasteiger charge is 2.18. The molecule has 0 aromatic heterocycles. The lowest BCUT2D eigenvalue weighted by Crippen LogP contribution is -2.07. The lowest BCUT2D eigenvalue weighted by Gasteiger charge is -2.13. The van der Waals surface area contributed by atoms with Gasteiger partial charge in [-0.25, -0.2) is 0 Å². The van der Waals surface area contributed by atoms with Crippen molar-refractivity contribution in [3.63, 3.8) is 0 Å². The van der Waals surface area contributed by atoms with E-state index in [4.69, 9.17) is 0 Å². The molecule has 110 valence electrons. The third-order valence-corrected chi connectivity index (χ3v) is 4.09. The Kier molecular flexibility index (Phi) is 2.88. The zero-order chi connectivity index (χ0) is 16.0. The summed E-state index contributed by atoms with van der Waals surface area (Å²) in [4.78, 5) is 23.8. The first kappa shape index (κ1) is 13.5. The van der Waals surface area contributed by atoms with Crippen LogP contribution in [0.2, 0.25) is 0 Å². The van der Waals surface area contributed by atoms with Crippen molar-refractivity contribution in [3.05, 3.63) is 72.3 Å². The topological polar surface area (TPSA) is 54.4 Å². The third-order valence-electron chi connectivity index (χ3n) is 4.09. The smallest absolute Gasteiger partial charge is 0.186 e. The predicted octanol–water partition coefficient (Wildman–Crippen LogP) is 3.79. The number of hydrogen-bond donors (Lipinski definition) is 1. The Bertz CT molecular complexity index is 1060. The summed E-state index contributed by atoms with van der Waals surface area (Å²) in [5.41, 5.74) is 0.891. The number of phenolic OH excluding ortho intramolecular Hbond substituents is 1. The van der Waals surface area contributed by atoms with Crippen molar-refractivity contribution in [2.45, 2.75) is 0 Å². The molecule has 3 nitrogen and oxygen atoms in total. The van der Waals surface area contributed by atoms with Crippen molar-refractivity contribution < 1.29 is 14.7 Å². The zero-order valence-electron chi connectivity index (χ0n) is 12.1. The standard InChI is InChI=1S/C20H12O3/c21-13-6-8-20(23)19(9-13)18-11-14(22)10-17-15-4-2-1-3-12(15)5-7-16(17)18/h1-11,22H. The Hall–Kier alpha value is -3.20. The third kappa shape index (κ3) is 2.14. The number of allylic oxidation sites excluding steroid dienone is 4. The van der Waals surface area contributed by atoms with Gasteiger partial charge in [0.15, 0.2) is 11.6 Å². The first-order valence-electron chi connectivity index (χ1n) is 7.26. The average molecular weight is 300 g/mol. The molecule has 4 rings (SSSR count). The van der Waals surface area contributed by atoms with Crippen LogP contribution >= 0.6 is 0 Å². The van der Waals surface area contributed by atoms with Crippen LogP contribution in [-0.4, -0.2) is 16.7 Å². The first-order valence-corrected chi connectivity index (χ1v) is 7.26. The summed E-state index contributed by atoms with van der Waals surface area (Å²) >= 11 is 0. The van der Waals surface area contributed by atoms with E-state index in [-0.39, 0.29) is 17.3 Å². The van der Waals surface area contributed by atoms with Crippen LogP contribution < -0.4 is 0 Å². The molecule has 3 heteroatoms. The molecule has 3 aromatic rings. The molecule has 0 unspecified atom stereocenters. The fourth-order valence-electron chi connectivity index (χ4n) is 3.04. The van der Waals surface area contributed by atoms with E-state index in [2.05, 4.69) is 0 Å². The van der Waals surface area contributed by atoms with Crippen molar-refractivity contribution in [2.24, 2.45) is 0 Å². The first-order chi connectivity index (χ1) is 11.1. The van der Waals surface area contributed by atoms with Gasteiger partial charge in [0.05, 0.1) is 0 Å². The van der Waals surface area contributed by atoms with Gasteiger partial charge in [0.2, 0.25) is 0 Å². The molecule has 0 spiro atoms. The van der Waals surface area contributed by atoms with Crippen molar-refractivity contribution in [2.75, 3.05) is 0 Å². The van der Waals surface area contributed by atoms with Gasteiger partial charge >= 0.3 is 0 Å². The quantitative estimate of drug-likeness (QED) is 0.549. The number of hydrogen-bond acceptors (Lipinski definition) is 3. The van der Waals surface area contributed by atoms with Gasteiger partial charge in [-0.2, -0.15) is 0 Å². The number of fused-ring (bicyclic) bond motifs is 3. The van der Waals surface area contributed by atoms with E-state index >= 15 is 0 Å². The fraction of sp³-hybridized carbons (Fsp3) is 0. The molecule has 0 heterocycles. The predicted molar refractivity (Wildman–Crippen MR) is 90.2 cm³/mol. The summed E-state index contributed by atoms with van der Waals surface area (Å²) in [5, 5.41) is 13.9. The summed E-state index contributed by atoms with van der Waals surface area (Å²) < 4.78 is 0. The zero-order valence-corrected chi connectivity index (χ0v) is 12.1. The van der Waals surface area contributed by atoms with E-state index in [1.807, 2.05) is 36.4 Å².